The van der Waals surface area contributed by atoms with Gasteiger partial charge in [0.15, 0.2) is 21.3 Å². The highest BCUT2D eigenvalue weighted by Crippen LogP contribution is 2.33. The summed E-state index contributed by atoms with van der Waals surface area (Å²) >= 11 is 5.98. The van der Waals surface area contributed by atoms with Crippen LogP contribution in [0.2, 0.25) is 5.02 Å². The number of ether oxygens (including phenoxy) is 2. The molecule has 0 unspecified atom stereocenters. The van der Waals surface area contributed by atoms with Gasteiger partial charge in [0.05, 0.1) is 38.3 Å². The van der Waals surface area contributed by atoms with Crippen LogP contribution in [0, 0.1) is 0 Å². The van der Waals surface area contributed by atoms with Crippen molar-refractivity contribution in [3.8, 4) is 11.5 Å². The predicted octanol–water partition coefficient (Wildman–Crippen LogP) is 2.41. The summed E-state index contributed by atoms with van der Waals surface area (Å²) < 4.78 is 35.6. The minimum absolute atomic E-state index is 0.0289. The zero-order valence-corrected chi connectivity index (χ0v) is 19.0. The van der Waals surface area contributed by atoms with E-state index in [0.29, 0.717) is 35.2 Å². The van der Waals surface area contributed by atoms with Gasteiger partial charge in [0, 0.05) is 23.3 Å². The Balaban J connectivity index is 1.55. The summed E-state index contributed by atoms with van der Waals surface area (Å²) in [4.78, 5) is 16.7. The van der Waals surface area contributed by atoms with E-state index in [4.69, 9.17) is 21.1 Å². The third-order valence-corrected chi connectivity index (χ3v) is 7.89. The maximum atomic E-state index is 13.1. The molecule has 4 rings (SSSR count). The van der Waals surface area contributed by atoms with Gasteiger partial charge in [0.2, 0.25) is 5.91 Å². The molecule has 166 valence electrons. The average Bonchev–Trinajstić information content (AvgIpc) is 3.07. The van der Waals surface area contributed by atoms with Crippen molar-refractivity contribution < 1.29 is 22.7 Å². The molecule has 0 saturated carbocycles. The number of halogens is 1. The van der Waals surface area contributed by atoms with E-state index in [9.17, 15) is 13.2 Å². The molecule has 1 amide bonds. The van der Waals surface area contributed by atoms with Gasteiger partial charge in [-0.25, -0.2) is 8.42 Å². The Labute approximate surface area is 187 Å². The van der Waals surface area contributed by atoms with Gasteiger partial charge >= 0.3 is 0 Å². The SMILES string of the molecule is COc1ccc(CCN2CC(=O)N(c3ccc(Cl)cc3)[C@@H]3CS(=O)(=O)C[C@H]32)cc1OC. The van der Waals surface area contributed by atoms with E-state index in [0.717, 1.165) is 5.56 Å². The Morgan fingerprint density at radius 1 is 1.00 bits per heavy atom. The molecular formula is C22H25ClN2O5S. The number of methoxy groups -OCH3 is 2. The second-order valence-electron chi connectivity index (χ2n) is 7.86. The molecule has 0 spiro atoms. The van der Waals surface area contributed by atoms with Gasteiger partial charge < -0.3 is 14.4 Å². The first-order chi connectivity index (χ1) is 14.8. The molecule has 0 radical (unpaired) electrons. The minimum Gasteiger partial charge on any atom is -0.493 e. The number of rotatable bonds is 6. The Morgan fingerprint density at radius 2 is 1.68 bits per heavy atom. The first kappa shape index (κ1) is 21.9. The largest absolute Gasteiger partial charge is 0.493 e. The van der Waals surface area contributed by atoms with Crippen LogP contribution in [0.15, 0.2) is 42.5 Å². The number of amides is 1. The maximum Gasteiger partial charge on any atom is 0.241 e. The van der Waals surface area contributed by atoms with Crippen LogP contribution in [0.5, 0.6) is 11.5 Å². The van der Waals surface area contributed by atoms with Gasteiger partial charge in [-0.05, 0) is 48.4 Å². The number of piperazine rings is 1. The summed E-state index contributed by atoms with van der Waals surface area (Å²) in [6.45, 7) is 0.749. The van der Waals surface area contributed by atoms with E-state index >= 15 is 0 Å². The van der Waals surface area contributed by atoms with Crippen LogP contribution in [0.1, 0.15) is 5.56 Å². The number of hydrogen-bond acceptors (Lipinski definition) is 6. The molecule has 2 aliphatic heterocycles. The fourth-order valence-electron chi connectivity index (χ4n) is 4.45. The van der Waals surface area contributed by atoms with Crippen molar-refractivity contribution in [2.45, 2.75) is 18.5 Å². The predicted molar refractivity (Wildman–Crippen MR) is 120 cm³/mol. The van der Waals surface area contributed by atoms with E-state index in [2.05, 4.69) is 0 Å². The van der Waals surface area contributed by atoms with E-state index in [1.54, 1.807) is 43.4 Å². The summed E-state index contributed by atoms with van der Waals surface area (Å²) in [7, 11) is -0.0602. The topological polar surface area (TPSA) is 76.2 Å². The average molecular weight is 465 g/mol. The van der Waals surface area contributed by atoms with E-state index in [1.807, 2.05) is 23.1 Å². The highest BCUT2D eigenvalue weighted by Gasteiger charge is 2.49. The first-order valence-corrected chi connectivity index (χ1v) is 12.2. The lowest BCUT2D eigenvalue weighted by Gasteiger charge is -2.43. The molecule has 2 aromatic rings. The Morgan fingerprint density at radius 3 is 2.35 bits per heavy atom. The van der Waals surface area contributed by atoms with Crippen LogP contribution < -0.4 is 14.4 Å². The van der Waals surface area contributed by atoms with E-state index in [-0.39, 0.29) is 30.0 Å². The van der Waals surface area contributed by atoms with Crippen molar-refractivity contribution in [1.82, 2.24) is 4.90 Å². The van der Waals surface area contributed by atoms with Crippen LogP contribution in [0.25, 0.3) is 0 Å². The minimum atomic E-state index is -3.24. The Bertz CT molecular complexity index is 1070. The van der Waals surface area contributed by atoms with Gasteiger partial charge in [0.25, 0.3) is 0 Å². The molecule has 2 saturated heterocycles. The molecule has 2 heterocycles. The third kappa shape index (κ3) is 4.51. The molecule has 2 fully saturated rings. The molecular weight excluding hydrogens is 440 g/mol. The van der Waals surface area contributed by atoms with Crippen molar-refractivity contribution in [1.29, 1.82) is 0 Å². The van der Waals surface area contributed by atoms with Gasteiger partial charge in [0.1, 0.15) is 0 Å². The lowest BCUT2D eigenvalue weighted by molar-refractivity contribution is -0.123. The maximum absolute atomic E-state index is 13.1. The van der Waals surface area contributed by atoms with Gasteiger partial charge in [-0.15, -0.1) is 0 Å². The molecule has 0 N–H and O–H groups in total. The third-order valence-electron chi connectivity index (χ3n) is 5.94. The summed E-state index contributed by atoms with van der Waals surface area (Å²) in [5.74, 6) is 1.22. The highest BCUT2D eigenvalue weighted by molar-refractivity contribution is 7.91. The molecule has 7 nitrogen and oxygen atoms in total. The number of hydrogen-bond donors (Lipinski definition) is 0. The number of carbonyl (C=O) groups excluding carboxylic acids is 1. The van der Waals surface area contributed by atoms with Gasteiger partial charge in [-0.3, -0.25) is 9.69 Å². The number of fused-ring (bicyclic) bond motifs is 1. The summed E-state index contributed by atoms with van der Waals surface area (Å²) in [5.41, 5.74) is 1.71. The Hall–Kier alpha value is -2.29. The molecule has 2 aromatic carbocycles. The molecule has 0 bridgehead atoms. The van der Waals surface area contributed by atoms with Crippen LogP contribution >= 0.6 is 11.6 Å². The summed E-state index contributed by atoms with van der Waals surface area (Å²) in [6.07, 6.45) is 0.665. The van der Waals surface area contributed by atoms with Crippen molar-refractivity contribution in [2.24, 2.45) is 0 Å². The second kappa shape index (κ2) is 8.68. The van der Waals surface area contributed by atoms with Crippen LogP contribution in [-0.4, -0.2) is 70.1 Å². The smallest absolute Gasteiger partial charge is 0.241 e. The monoisotopic (exact) mass is 464 g/mol. The second-order valence-corrected chi connectivity index (χ2v) is 10.5. The molecule has 2 aliphatic rings. The lowest BCUT2D eigenvalue weighted by Crippen LogP contribution is -2.62. The number of nitrogens with zero attached hydrogens (tertiary/aromatic N) is 2. The van der Waals surface area contributed by atoms with Gasteiger partial charge in [-0.1, -0.05) is 17.7 Å². The number of sulfone groups is 1. The van der Waals surface area contributed by atoms with Crippen LogP contribution in [-0.2, 0) is 21.1 Å². The molecule has 0 aromatic heterocycles. The van der Waals surface area contributed by atoms with Crippen molar-refractivity contribution >= 4 is 33.0 Å². The highest BCUT2D eigenvalue weighted by atomic mass is 35.5. The summed E-state index contributed by atoms with van der Waals surface area (Å²) in [6, 6.07) is 12.0. The molecule has 2 atom stereocenters. The number of anilines is 1. The zero-order chi connectivity index (χ0) is 22.2. The van der Waals surface area contributed by atoms with Crippen molar-refractivity contribution in [2.75, 3.05) is 43.7 Å². The summed E-state index contributed by atoms with van der Waals surface area (Å²) in [5, 5.41) is 0.570. The van der Waals surface area contributed by atoms with Crippen LogP contribution in [0.4, 0.5) is 5.69 Å². The van der Waals surface area contributed by atoms with Crippen molar-refractivity contribution in [3.05, 3.63) is 53.1 Å². The van der Waals surface area contributed by atoms with E-state index in [1.165, 1.54) is 0 Å². The van der Waals surface area contributed by atoms with Crippen LogP contribution in [0.3, 0.4) is 0 Å². The van der Waals surface area contributed by atoms with Gasteiger partial charge in [-0.2, -0.15) is 0 Å². The Kier molecular flexibility index (Phi) is 6.14. The molecule has 9 heteroatoms. The zero-order valence-electron chi connectivity index (χ0n) is 17.5. The first-order valence-electron chi connectivity index (χ1n) is 10.0. The van der Waals surface area contributed by atoms with E-state index < -0.39 is 15.9 Å². The molecule has 31 heavy (non-hydrogen) atoms. The fraction of sp³-hybridized carbons (Fsp3) is 0.409. The lowest BCUT2D eigenvalue weighted by atomic mass is 10.0. The number of benzene rings is 2. The fourth-order valence-corrected chi connectivity index (χ4v) is 6.56. The normalized spacial score (nSPS) is 22.9. The van der Waals surface area contributed by atoms with Crippen molar-refractivity contribution in [3.63, 3.8) is 0 Å². The quantitative estimate of drug-likeness (QED) is 0.653. The standard InChI is InChI=1S/C22H25ClN2O5S/c1-29-20-8-3-15(11-21(20)30-2)9-10-24-12-22(26)25(17-6-4-16(23)5-7-17)19-14-31(27,28)13-18(19)24/h3-8,11,18-19H,9-10,12-14H2,1-2H3/t18-,19-/m1/s1. The molecule has 0 aliphatic carbocycles. The number of carbonyl (C=O) groups is 1.